The van der Waals surface area contributed by atoms with Crippen LogP contribution in [0.4, 0.5) is 0 Å². The van der Waals surface area contributed by atoms with Gasteiger partial charge in [-0.05, 0) is 17.9 Å². The summed E-state index contributed by atoms with van der Waals surface area (Å²) in [6.07, 6.45) is -3.53. The number of aliphatic hydroxyl groups is 2. The minimum Gasteiger partial charge on any atom is -0.862 e. The molecule has 26 heavy (non-hydrogen) atoms. The third kappa shape index (κ3) is 12.7. The van der Waals surface area contributed by atoms with Gasteiger partial charge in [-0.1, -0.05) is 30.3 Å². The first kappa shape index (κ1) is 28.6. The molecule has 0 heterocycles. The summed E-state index contributed by atoms with van der Waals surface area (Å²) in [6.45, 7) is -1.21. The molecular formula is C14H18NNa2O8P. The van der Waals surface area contributed by atoms with Crippen molar-refractivity contribution in [2.75, 3.05) is 13.2 Å². The van der Waals surface area contributed by atoms with Crippen LogP contribution in [0.2, 0.25) is 0 Å². The predicted octanol–water partition coefficient (Wildman–Crippen LogP) is -7.85. The van der Waals surface area contributed by atoms with Gasteiger partial charge in [-0.25, -0.2) is 0 Å². The van der Waals surface area contributed by atoms with Crippen LogP contribution < -0.4 is 69.1 Å². The number of carbonyl (C=O) groups excluding carboxylic acids is 1. The van der Waals surface area contributed by atoms with E-state index in [0.717, 1.165) is 5.56 Å². The van der Waals surface area contributed by atoms with Crippen LogP contribution in [0.3, 0.4) is 0 Å². The van der Waals surface area contributed by atoms with Crippen molar-refractivity contribution in [3.63, 3.8) is 0 Å². The minimum absolute atomic E-state index is 0. The van der Waals surface area contributed by atoms with Gasteiger partial charge in [0.2, 0.25) is 0 Å². The Morgan fingerprint density at radius 1 is 1.23 bits per heavy atom. The SMILES string of the molecule is O=C(COP(=O)([O-])O)[C@H](O)C(O)CCN=C([O-])Cc1ccccc1.[Na+].[Na+]. The zero-order valence-corrected chi connectivity index (χ0v) is 19.5. The summed E-state index contributed by atoms with van der Waals surface area (Å²) in [5.41, 5.74) is 0.783. The molecule has 134 valence electrons. The quantitative estimate of drug-likeness (QED) is 0.150. The smallest absolute Gasteiger partial charge is 0.862 e. The Morgan fingerprint density at radius 2 is 1.81 bits per heavy atom. The van der Waals surface area contributed by atoms with E-state index in [1.54, 1.807) is 24.3 Å². The number of aliphatic imine (C=N–C) groups is 1. The van der Waals surface area contributed by atoms with E-state index in [0.29, 0.717) is 0 Å². The van der Waals surface area contributed by atoms with Gasteiger partial charge in [0.1, 0.15) is 12.7 Å². The molecule has 1 aromatic carbocycles. The Balaban J connectivity index is 0. The standard InChI is InChI=1S/C14H20NO8P.2Na/c16-11(14(19)12(17)9-23-24(20,21)22)6-7-15-13(18)8-10-4-2-1-3-5-10;;/h1-5,11,14,16,19H,6-9H2,(H,15,18)(H2,20,21,22);;/q;2*+1/p-2/t11?,14-;;/m1../s1. The summed E-state index contributed by atoms with van der Waals surface area (Å²) < 4.78 is 14.2. The Hall–Kier alpha value is 0.390. The molecule has 3 N–H and O–H groups in total. The Labute approximate surface area is 195 Å². The van der Waals surface area contributed by atoms with Crippen LogP contribution in [-0.4, -0.2) is 52.1 Å². The molecule has 2 unspecified atom stereocenters. The summed E-state index contributed by atoms with van der Waals surface area (Å²) in [5.74, 6) is -1.53. The van der Waals surface area contributed by atoms with Crippen LogP contribution in [0.1, 0.15) is 12.0 Å². The molecule has 12 heteroatoms. The van der Waals surface area contributed by atoms with E-state index in [1.165, 1.54) is 0 Å². The summed E-state index contributed by atoms with van der Waals surface area (Å²) >= 11 is 0. The van der Waals surface area contributed by atoms with Crippen molar-refractivity contribution in [1.82, 2.24) is 0 Å². The number of benzene rings is 1. The monoisotopic (exact) mass is 405 g/mol. The number of carbonyl (C=O) groups is 1. The zero-order valence-electron chi connectivity index (χ0n) is 14.6. The molecule has 9 nitrogen and oxygen atoms in total. The Bertz CT molecular complexity index is 610. The van der Waals surface area contributed by atoms with E-state index >= 15 is 0 Å². The average molecular weight is 405 g/mol. The number of ketones is 1. The molecule has 0 aromatic heterocycles. The van der Waals surface area contributed by atoms with E-state index in [-0.39, 0.29) is 78.5 Å². The largest absolute Gasteiger partial charge is 1.00 e. The zero-order chi connectivity index (χ0) is 18.2. The maximum Gasteiger partial charge on any atom is 1.00 e. The van der Waals surface area contributed by atoms with E-state index in [9.17, 15) is 29.6 Å². The van der Waals surface area contributed by atoms with Crippen LogP contribution >= 0.6 is 7.82 Å². The third-order valence-electron chi connectivity index (χ3n) is 2.98. The molecule has 0 bridgehead atoms. The molecule has 0 aliphatic heterocycles. The van der Waals surface area contributed by atoms with Crippen molar-refractivity contribution in [3.8, 4) is 0 Å². The van der Waals surface area contributed by atoms with Gasteiger partial charge in [0.05, 0.1) is 6.10 Å². The fourth-order valence-electron chi connectivity index (χ4n) is 1.75. The van der Waals surface area contributed by atoms with E-state index in [1.807, 2.05) is 6.07 Å². The molecule has 0 aliphatic carbocycles. The molecular weight excluding hydrogens is 387 g/mol. The molecule has 0 amide bonds. The van der Waals surface area contributed by atoms with Gasteiger partial charge in [0, 0.05) is 13.0 Å². The van der Waals surface area contributed by atoms with Crippen LogP contribution in [-0.2, 0) is 20.3 Å². The van der Waals surface area contributed by atoms with Gasteiger partial charge in [-0.2, -0.15) is 0 Å². The maximum absolute atomic E-state index is 11.6. The predicted molar refractivity (Wildman–Crippen MR) is 79.9 cm³/mol. The van der Waals surface area contributed by atoms with Crippen LogP contribution in [0.15, 0.2) is 35.3 Å². The van der Waals surface area contributed by atoms with Gasteiger partial charge < -0.3 is 34.6 Å². The first-order valence-corrected chi connectivity index (χ1v) is 8.50. The molecule has 0 fully saturated rings. The second-order valence-electron chi connectivity index (χ2n) is 4.95. The average Bonchev–Trinajstić information content (AvgIpc) is 2.52. The van der Waals surface area contributed by atoms with E-state index in [4.69, 9.17) is 4.89 Å². The first-order valence-electron chi connectivity index (χ1n) is 7.00. The number of hydrogen-bond donors (Lipinski definition) is 3. The Kier molecular flexibility index (Phi) is 15.8. The fourth-order valence-corrected chi connectivity index (χ4v) is 2.04. The third-order valence-corrected chi connectivity index (χ3v) is 3.43. The number of aliphatic hydroxyl groups excluding tert-OH is 2. The summed E-state index contributed by atoms with van der Waals surface area (Å²) in [6, 6.07) is 8.90. The molecule has 0 aliphatic rings. The molecule has 0 saturated heterocycles. The molecule has 0 spiro atoms. The minimum atomic E-state index is -5.08. The second kappa shape index (κ2) is 14.4. The normalized spacial score (nSPS) is 15.8. The second-order valence-corrected chi connectivity index (χ2v) is 6.14. The molecule has 1 rings (SSSR count). The van der Waals surface area contributed by atoms with Gasteiger partial charge >= 0.3 is 59.1 Å². The van der Waals surface area contributed by atoms with Gasteiger partial charge in [-0.3, -0.25) is 9.36 Å². The van der Waals surface area contributed by atoms with Crippen molar-refractivity contribution < 1.29 is 98.1 Å². The fraction of sp³-hybridized carbons (Fsp3) is 0.429. The Morgan fingerprint density at radius 3 is 2.35 bits per heavy atom. The number of rotatable bonds is 10. The maximum atomic E-state index is 11.6. The van der Waals surface area contributed by atoms with Gasteiger partial charge in [0.15, 0.2) is 5.78 Å². The number of phosphoric ester groups is 1. The number of Topliss-reactive ketones (excluding diaryl/α,β-unsaturated/α-hetero) is 1. The number of phosphoric acid groups is 1. The van der Waals surface area contributed by atoms with Crippen LogP contribution in [0, 0.1) is 0 Å². The van der Waals surface area contributed by atoms with Crippen molar-refractivity contribution >= 4 is 19.5 Å². The van der Waals surface area contributed by atoms with Gasteiger partial charge in [0.25, 0.3) is 7.82 Å². The van der Waals surface area contributed by atoms with Crippen LogP contribution in [0.5, 0.6) is 0 Å². The number of hydrogen-bond acceptors (Lipinski definition) is 8. The summed E-state index contributed by atoms with van der Waals surface area (Å²) in [4.78, 5) is 33.7. The summed E-state index contributed by atoms with van der Waals surface area (Å²) in [7, 11) is -5.08. The molecule has 0 saturated carbocycles. The molecule has 0 radical (unpaired) electrons. The van der Waals surface area contributed by atoms with Crippen molar-refractivity contribution in [3.05, 3.63) is 35.9 Å². The molecule has 1 aromatic rings. The molecule has 3 atom stereocenters. The topological polar surface area (TPSA) is 163 Å². The van der Waals surface area contributed by atoms with Crippen LogP contribution in [0.25, 0.3) is 0 Å². The first-order chi connectivity index (χ1) is 11.2. The van der Waals surface area contributed by atoms with Crippen molar-refractivity contribution in [2.24, 2.45) is 4.99 Å². The van der Waals surface area contributed by atoms with E-state index in [2.05, 4.69) is 9.52 Å². The van der Waals surface area contributed by atoms with Crippen molar-refractivity contribution in [2.45, 2.75) is 25.0 Å². The van der Waals surface area contributed by atoms with E-state index < -0.39 is 38.3 Å². The van der Waals surface area contributed by atoms with Crippen molar-refractivity contribution in [1.29, 1.82) is 0 Å². The number of nitrogens with zero attached hydrogens (tertiary/aromatic N) is 1. The summed E-state index contributed by atoms with van der Waals surface area (Å²) in [5, 5.41) is 30.7. The van der Waals surface area contributed by atoms with Gasteiger partial charge in [-0.15, -0.1) is 0 Å².